The molecule has 3 rings (SSSR count). The highest BCUT2D eigenvalue weighted by Crippen LogP contribution is 2.23. The van der Waals surface area contributed by atoms with E-state index in [4.69, 9.17) is 10.5 Å². The van der Waals surface area contributed by atoms with Crippen LogP contribution in [0.1, 0.15) is 10.4 Å². The number of benzene rings is 2. The van der Waals surface area contributed by atoms with Crippen LogP contribution in [-0.4, -0.2) is 10.9 Å². The van der Waals surface area contributed by atoms with E-state index in [1.807, 2.05) is 12.1 Å². The van der Waals surface area contributed by atoms with E-state index >= 15 is 0 Å². The second kappa shape index (κ2) is 6.62. The number of carbonyl (C=O) groups excluding carboxylic acids is 1. The highest BCUT2D eigenvalue weighted by atomic mass is 16.5. The number of anilines is 2. The molecule has 0 bridgehead atoms. The molecular weight excluding hydrogens is 290 g/mol. The largest absolute Gasteiger partial charge is 0.457 e. The number of nitrogens with two attached hydrogens (primary N) is 1. The fourth-order valence-corrected chi connectivity index (χ4v) is 2.02. The molecule has 0 aliphatic carbocycles. The molecule has 0 saturated carbocycles. The number of aromatic nitrogens is 1. The number of rotatable bonds is 4. The standard InChI is InChI=1S/C18H15N3O2/c19-14-6-4-13(5-7-14)18(22)21-15-2-1-3-17(12-15)23-16-8-10-20-11-9-16/h1-12H,19H2,(H,21,22). The molecule has 0 spiro atoms. The average Bonchev–Trinajstić information content (AvgIpc) is 2.57. The lowest BCUT2D eigenvalue weighted by Crippen LogP contribution is -2.11. The summed E-state index contributed by atoms with van der Waals surface area (Å²) in [4.78, 5) is 16.1. The van der Waals surface area contributed by atoms with Crippen LogP contribution in [0.15, 0.2) is 73.1 Å². The Bertz CT molecular complexity index is 802. The molecule has 5 nitrogen and oxygen atoms in total. The van der Waals surface area contributed by atoms with Gasteiger partial charge < -0.3 is 15.8 Å². The molecule has 1 heterocycles. The lowest BCUT2D eigenvalue weighted by atomic mass is 10.2. The van der Waals surface area contributed by atoms with Crippen molar-refractivity contribution in [2.24, 2.45) is 0 Å². The third-order valence-corrected chi connectivity index (χ3v) is 3.15. The van der Waals surface area contributed by atoms with E-state index in [1.165, 1.54) is 0 Å². The van der Waals surface area contributed by atoms with E-state index in [1.54, 1.807) is 60.9 Å². The normalized spacial score (nSPS) is 10.1. The Kier molecular flexibility index (Phi) is 4.20. The highest BCUT2D eigenvalue weighted by molar-refractivity contribution is 6.04. The fourth-order valence-electron chi connectivity index (χ4n) is 2.02. The zero-order valence-electron chi connectivity index (χ0n) is 12.3. The molecule has 0 aliphatic heterocycles. The Morgan fingerprint density at radius 3 is 2.43 bits per heavy atom. The summed E-state index contributed by atoms with van der Waals surface area (Å²) in [6, 6.07) is 17.5. The molecule has 3 aromatic rings. The SMILES string of the molecule is Nc1ccc(C(=O)Nc2cccc(Oc3ccncc3)c2)cc1. The fraction of sp³-hybridized carbons (Fsp3) is 0. The molecule has 2 aromatic carbocycles. The molecular formula is C18H15N3O2. The number of carbonyl (C=O) groups is 1. The molecule has 0 aliphatic rings. The molecule has 0 saturated heterocycles. The summed E-state index contributed by atoms with van der Waals surface area (Å²) in [5.41, 5.74) is 7.43. The van der Waals surface area contributed by atoms with Gasteiger partial charge in [0.05, 0.1) is 0 Å². The van der Waals surface area contributed by atoms with Crippen LogP contribution in [0.25, 0.3) is 0 Å². The van der Waals surface area contributed by atoms with Crippen LogP contribution < -0.4 is 15.8 Å². The van der Waals surface area contributed by atoms with Gasteiger partial charge in [-0.1, -0.05) is 6.07 Å². The predicted molar refractivity (Wildman–Crippen MR) is 89.6 cm³/mol. The van der Waals surface area contributed by atoms with E-state index in [0.29, 0.717) is 28.4 Å². The van der Waals surface area contributed by atoms with Crippen molar-refractivity contribution in [3.05, 3.63) is 78.6 Å². The number of nitrogens with zero attached hydrogens (tertiary/aromatic N) is 1. The summed E-state index contributed by atoms with van der Waals surface area (Å²) in [7, 11) is 0. The van der Waals surface area contributed by atoms with Crippen LogP contribution in [0.3, 0.4) is 0 Å². The zero-order chi connectivity index (χ0) is 16.1. The molecule has 1 aromatic heterocycles. The minimum Gasteiger partial charge on any atom is -0.457 e. The van der Waals surface area contributed by atoms with E-state index in [-0.39, 0.29) is 5.91 Å². The van der Waals surface area contributed by atoms with E-state index in [2.05, 4.69) is 10.3 Å². The molecule has 0 radical (unpaired) electrons. The van der Waals surface area contributed by atoms with Crippen LogP contribution in [0.2, 0.25) is 0 Å². The van der Waals surface area contributed by atoms with Gasteiger partial charge in [0.1, 0.15) is 11.5 Å². The van der Waals surface area contributed by atoms with Crippen molar-refractivity contribution in [2.75, 3.05) is 11.1 Å². The van der Waals surface area contributed by atoms with E-state index in [0.717, 1.165) is 0 Å². The summed E-state index contributed by atoms with van der Waals surface area (Å²) in [6.07, 6.45) is 3.31. The second-order valence-corrected chi connectivity index (χ2v) is 4.89. The molecule has 3 N–H and O–H groups in total. The van der Waals surface area contributed by atoms with Crippen molar-refractivity contribution in [3.8, 4) is 11.5 Å². The average molecular weight is 305 g/mol. The van der Waals surface area contributed by atoms with Gasteiger partial charge in [0.15, 0.2) is 0 Å². The Balaban J connectivity index is 1.72. The topological polar surface area (TPSA) is 77.2 Å². The summed E-state index contributed by atoms with van der Waals surface area (Å²) in [6.45, 7) is 0. The zero-order valence-corrected chi connectivity index (χ0v) is 12.3. The smallest absolute Gasteiger partial charge is 0.255 e. The lowest BCUT2D eigenvalue weighted by Gasteiger charge is -2.09. The summed E-state index contributed by atoms with van der Waals surface area (Å²) >= 11 is 0. The monoisotopic (exact) mass is 305 g/mol. The van der Waals surface area contributed by atoms with Crippen LogP contribution in [-0.2, 0) is 0 Å². The lowest BCUT2D eigenvalue weighted by molar-refractivity contribution is 0.102. The van der Waals surface area contributed by atoms with E-state index in [9.17, 15) is 4.79 Å². The molecule has 5 heteroatoms. The van der Waals surface area contributed by atoms with Crippen LogP contribution in [0, 0.1) is 0 Å². The van der Waals surface area contributed by atoms with Crippen molar-refractivity contribution >= 4 is 17.3 Å². The van der Waals surface area contributed by atoms with Gasteiger partial charge in [0, 0.05) is 35.4 Å². The van der Waals surface area contributed by atoms with Gasteiger partial charge in [0.2, 0.25) is 0 Å². The first-order valence-corrected chi connectivity index (χ1v) is 7.05. The first kappa shape index (κ1) is 14.6. The number of amides is 1. The first-order valence-electron chi connectivity index (χ1n) is 7.05. The quantitative estimate of drug-likeness (QED) is 0.720. The summed E-state index contributed by atoms with van der Waals surface area (Å²) in [5.74, 6) is 1.11. The molecule has 1 amide bonds. The van der Waals surface area contributed by atoms with Gasteiger partial charge in [0.25, 0.3) is 5.91 Å². The minimum atomic E-state index is -0.203. The predicted octanol–water partition coefficient (Wildman–Crippen LogP) is 3.71. The molecule has 0 unspecified atom stereocenters. The van der Waals surface area contributed by atoms with Gasteiger partial charge in [-0.05, 0) is 48.5 Å². The molecule has 0 atom stereocenters. The Morgan fingerprint density at radius 1 is 0.957 bits per heavy atom. The van der Waals surface area contributed by atoms with Crippen molar-refractivity contribution in [2.45, 2.75) is 0 Å². The third kappa shape index (κ3) is 3.85. The minimum absolute atomic E-state index is 0.203. The van der Waals surface area contributed by atoms with Crippen LogP contribution in [0.4, 0.5) is 11.4 Å². The van der Waals surface area contributed by atoms with Crippen LogP contribution in [0.5, 0.6) is 11.5 Å². The van der Waals surface area contributed by atoms with Gasteiger partial charge >= 0.3 is 0 Å². The molecule has 0 fully saturated rings. The first-order chi connectivity index (χ1) is 11.2. The Labute approximate surface area is 133 Å². The third-order valence-electron chi connectivity index (χ3n) is 3.15. The maximum absolute atomic E-state index is 12.2. The van der Waals surface area contributed by atoms with Gasteiger partial charge in [-0.25, -0.2) is 0 Å². The molecule has 23 heavy (non-hydrogen) atoms. The molecule has 114 valence electrons. The summed E-state index contributed by atoms with van der Waals surface area (Å²) < 4.78 is 5.71. The highest BCUT2D eigenvalue weighted by Gasteiger charge is 2.06. The Morgan fingerprint density at radius 2 is 1.70 bits per heavy atom. The van der Waals surface area contributed by atoms with Crippen molar-refractivity contribution < 1.29 is 9.53 Å². The Hall–Kier alpha value is -3.34. The maximum atomic E-state index is 12.2. The summed E-state index contributed by atoms with van der Waals surface area (Å²) in [5, 5.41) is 2.83. The number of pyridine rings is 1. The van der Waals surface area contributed by atoms with Crippen LogP contribution >= 0.6 is 0 Å². The number of nitrogens with one attached hydrogen (secondary N) is 1. The number of hydrogen-bond donors (Lipinski definition) is 2. The number of hydrogen-bond acceptors (Lipinski definition) is 4. The number of ether oxygens (including phenoxy) is 1. The number of nitrogen functional groups attached to an aromatic ring is 1. The van der Waals surface area contributed by atoms with Gasteiger partial charge in [-0.3, -0.25) is 9.78 Å². The van der Waals surface area contributed by atoms with Crippen molar-refractivity contribution in [1.82, 2.24) is 4.98 Å². The van der Waals surface area contributed by atoms with Crippen molar-refractivity contribution in [3.63, 3.8) is 0 Å². The second-order valence-electron chi connectivity index (χ2n) is 4.89. The van der Waals surface area contributed by atoms with E-state index < -0.39 is 0 Å². The van der Waals surface area contributed by atoms with Crippen molar-refractivity contribution in [1.29, 1.82) is 0 Å². The van der Waals surface area contributed by atoms with Gasteiger partial charge in [-0.15, -0.1) is 0 Å². The van der Waals surface area contributed by atoms with Gasteiger partial charge in [-0.2, -0.15) is 0 Å². The maximum Gasteiger partial charge on any atom is 0.255 e.